The normalized spacial score (nSPS) is 18.1. The molecule has 11 heteroatoms. The van der Waals surface area contributed by atoms with E-state index >= 15 is 0 Å². The maximum Gasteiger partial charge on any atom is 0.243 e. The zero-order chi connectivity index (χ0) is 22.6. The second-order valence-corrected chi connectivity index (χ2v) is 10.6. The van der Waals surface area contributed by atoms with Gasteiger partial charge in [-0.2, -0.15) is 4.31 Å². The van der Waals surface area contributed by atoms with Crippen LogP contribution in [0.3, 0.4) is 0 Å². The second kappa shape index (κ2) is 9.97. The lowest BCUT2D eigenvalue weighted by molar-refractivity contribution is -0.137. The number of rotatable bonds is 6. The van der Waals surface area contributed by atoms with Crippen LogP contribution >= 0.6 is 11.3 Å². The molecule has 2 aromatic rings. The lowest BCUT2D eigenvalue weighted by Crippen LogP contribution is -2.51. The molecular formula is C21H27N5O4S2. The third-order valence-electron chi connectivity index (χ3n) is 5.85. The van der Waals surface area contributed by atoms with Crippen molar-refractivity contribution >= 4 is 38.3 Å². The van der Waals surface area contributed by atoms with Crippen molar-refractivity contribution in [2.45, 2.75) is 17.7 Å². The first kappa shape index (κ1) is 22.7. The third kappa shape index (κ3) is 5.11. The topological polar surface area (TPSA) is 94.1 Å². The number of thiazole rings is 1. The predicted molar refractivity (Wildman–Crippen MR) is 122 cm³/mol. The molecule has 0 aliphatic carbocycles. The van der Waals surface area contributed by atoms with Crippen molar-refractivity contribution in [3.05, 3.63) is 41.9 Å². The Balaban J connectivity index is 1.20. The summed E-state index contributed by atoms with van der Waals surface area (Å²) in [6, 6.07) is 8.33. The Morgan fingerprint density at radius 1 is 0.844 bits per heavy atom. The number of benzene rings is 1. The van der Waals surface area contributed by atoms with Gasteiger partial charge in [0, 0.05) is 76.8 Å². The van der Waals surface area contributed by atoms with Crippen LogP contribution in [0.15, 0.2) is 46.8 Å². The van der Waals surface area contributed by atoms with Gasteiger partial charge in [0.05, 0.1) is 4.90 Å². The second-order valence-electron chi connectivity index (χ2n) is 7.78. The minimum atomic E-state index is -3.55. The molecule has 172 valence electrons. The van der Waals surface area contributed by atoms with Crippen LogP contribution in [-0.4, -0.2) is 91.7 Å². The highest BCUT2D eigenvalue weighted by Crippen LogP contribution is 2.20. The predicted octanol–water partition coefficient (Wildman–Crippen LogP) is 1.10. The maximum atomic E-state index is 12.7. The van der Waals surface area contributed by atoms with Crippen molar-refractivity contribution in [2.75, 3.05) is 57.3 Å². The largest absolute Gasteiger partial charge is 0.345 e. The standard InChI is InChI=1S/C21H27N5O4S2/c27-19(23-9-11-25(12-10-23)21-22-8-17-31-21)6-7-20(28)24-13-15-26(16-14-24)32(29,30)18-4-2-1-3-5-18/h1-5,8,17H,6-7,9-16H2. The van der Waals surface area contributed by atoms with Gasteiger partial charge in [0.25, 0.3) is 0 Å². The number of hydrogen-bond donors (Lipinski definition) is 0. The molecule has 0 atom stereocenters. The molecule has 1 aromatic heterocycles. The number of carbonyl (C=O) groups excluding carboxylic acids is 2. The fourth-order valence-electron chi connectivity index (χ4n) is 3.97. The molecule has 2 fully saturated rings. The molecular weight excluding hydrogens is 450 g/mol. The van der Waals surface area contributed by atoms with E-state index in [1.165, 1.54) is 4.31 Å². The molecule has 3 heterocycles. The van der Waals surface area contributed by atoms with Crippen molar-refractivity contribution in [1.82, 2.24) is 19.1 Å². The summed E-state index contributed by atoms with van der Waals surface area (Å²) in [6.07, 6.45) is 2.11. The first-order chi connectivity index (χ1) is 15.4. The van der Waals surface area contributed by atoms with Crippen molar-refractivity contribution in [3.63, 3.8) is 0 Å². The molecule has 0 bridgehead atoms. The number of amides is 2. The molecule has 0 unspecified atom stereocenters. The van der Waals surface area contributed by atoms with E-state index in [1.54, 1.807) is 52.8 Å². The SMILES string of the molecule is O=C(CCC(=O)N1CCN(S(=O)(=O)c2ccccc2)CC1)N1CCN(c2nccs2)CC1. The summed E-state index contributed by atoms with van der Waals surface area (Å²) in [7, 11) is -3.55. The van der Waals surface area contributed by atoms with Gasteiger partial charge >= 0.3 is 0 Å². The van der Waals surface area contributed by atoms with Crippen molar-refractivity contribution in [1.29, 1.82) is 0 Å². The lowest BCUT2D eigenvalue weighted by atomic mass is 10.2. The Morgan fingerprint density at radius 3 is 1.94 bits per heavy atom. The summed E-state index contributed by atoms with van der Waals surface area (Å²) in [6.45, 7) is 3.93. The Morgan fingerprint density at radius 2 is 1.41 bits per heavy atom. The van der Waals surface area contributed by atoms with Gasteiger partial charge in [0.2, 0.25) is 21.8 Å². The van der Waals surface area contributed by atoms with E-state index in [0.717, 1.165) is 18.2 Å². The molecule has 2 saturated heterocycles. The van der Waals surface area contributed by atoms with Crippen LogP contribution in [0.5, 0.6) is 0 Å². The number of piperazine rings is 2. The average Bonchev–Trinajstić information content (AvgIpc) is 3.38. The van der Waals surface area contributed by atoms with Crippen LogP contribution in [0.1, 0.15) is 12.8 Å². The van der Waals surface area contributed by atoms with Crippen LogP contribution in [0.2, 0.25) is 0 Å². The minimum Gasteiger partial charge on any atom is -0.345 e. The summed E-state index contributed by atoms with van der Waals surface area (Å²) in [4.78, 5) is 35.4. The molecule has 1 aromatic carbocycles. The van der Waals surface area contributed by atoms with E-state index in [9.17, 15) is 18.0 Å². The van der Waals surface area contributed by atoms with Gasteiger partial charge in [-0.05, 0) is 12.1 Å². The summed E-state index contributed by atoms with van der Waals surface area (Å²) < 4.78 is 26.9. The molecule has 2 aliphatic rings. The smallest absolute Gasteiger partial charge is 0.243 e. The van der Waals surface area contributed by atoms with E-state index in [2.05, 4.69) is 9.88 Å². The molecule has 2 aliphatic heterocycles. The fraction of sp³-hybridized carbons (Fsp3) is 0.476. The van der Waals surface area contributed by atoms with Crippen LogP contribution in [-0.2, 0) is 19.6 Å². The van der Waals surface area contributed by atoms with Crippen LogP contribution in [0.25, 0.3) is 0 Å². The molecule has 4 rings (SSSR count). The Hall–Kier alpha value is -2.50. The average molecular weight is 478 g/mol. The Bertz CT molecular complexity index is 1010. The summed E-state index contributed by atoms with van der Waals surface area (Å²) in [5, 5.41) is 2.91. The monoisotopic (exact) mass is 477 g/mol. The fourth-order valence-corrected chi connectivity index (χ4v) is 6.11. The van der Waals surface area contributed by atoms with E-state index in [4.69, 9.17) is 0 Å². The summed E-state index contributed by atoms with van der Waals surface area (Å²) in [5.41, 5.74) is 0. The van der Waals surface area contributed by atoms with Crippen molar-refractivity contribution in [2.24, 2.45) is 0 Å². The first-order valence-corrected chi connectivity index (χ1v) is 13.0. The van der Waals surface area contributed by atoms with E-state index < -0.39 is 10.0 Å². The highest BCUT2D eigenvalue weighted by molar-refractivity contribution is 7.89. The minimum absolute atomic E-state index is 0.0116. The molecule has 9 nitrogen and oxygen atoms in total. The van der Waals surface area contributed by atoms with Crippen LogP contribution in [0, 0.1) is 0 Å². The van der Waals surface area contributed by atoms with Gasteiger partial charge in [0.15, 0.2) is 5.13 Å². The summed E-state index contributed by atoms with van der Waals surface area (Å²) in [5.74, 6) is -0.112. The van der Waals surface area contributed by atoms with E-state index in [0.29, 0.717) is 26.2 Å². The zero-order valence-electron chi connectivity index (χ0n) is 17.8. The highest BCUT2D eigenvalue weighted by atomic mass is 32.2. The van der Waals surface area contributed by atoms with Gasteiger partial charge in [0.1, 0.15) is 0 Å². The number of nitrogens with zero attached hydrogens (tertiary/aromatic N) is 5. The number of sulfonamides is 1. The quantitative estimate of drug-likeness (QED) is 0.619. The van der Waals surface area contributed by atoms with E-state index in [1.807, 2.05) is 10.3 Å². The molecule has 0 radical (unpaired) electrons. The molecule has 0 saturated carbocycles. The first-order valence-electron chi connectivity index (χ1n) is 10.7. The molecule has 0 spiro atoms. The van der Waals surface area contributed by atoms with Gasteiger partial charge in [-0.25, -0.2) is 13.4 Å². The molecule has 32 heavy (non-hydrogen) atoms. The molecule has 2 amide bonds. The van der Waals surface area contributed by atoms with Crippen molar-refractivity contribution in [3.8, 4) is 0 Å². The number of carbonyl (C=O) groups is 2. The van der Waals surface area contributed by atoms with Crippen LogP contribution < -0.4 is 4.90 Å². The van der Waals surface area contributed by atoms with Crippen molar-refractivity contribution < 1.29 is 18.0 Å². The van der Waals surface area contributed by atoms with Gasteiger partial charge < -0.3 is 14.7 Å². The lowest BCUT2D eigenvalue weighted by Gasteiger charge is -2.35. The van der Waals surface area contributed by atoms with Gasteiger partial charge in [-0.1, -0.05) is 18.2 Å². The number of hydrogen-bond acceptors (Lipinski definition) is 7. The van der Waals surface area contributed by atoms with E-state index in [-0.39, 0.29) is 42.6 Å². The number of anilines is 1. The maximum absolute atomic E-state index is 12.7. The molecule has 0 N–H and O–H groups in total. The summed E-state index contributed by atoms with van der Waals surface area (Å²) >= 11 is 1.59. The number of aromatic nitrogens is 1. The highest BCUT2D eigenvalue weighted by Gasteiger charge is 2.30. The van der Waals surface area contributed by atoms with Gasteiger partial charge in [-0.3, -0.25) is 9.59 Å². The Kier molecular flexibility index (Phi) is 7.07. The van der Waals surface area contributed by atoms with Crippen LogP contribution in [0.4, 0.5) is 5.13 Å². The Labute approximate surface area is 192 Å². The zero-order valence-corrected chi connectivity index (χ0v) is 19.4. The third-order valence-corrected chi connectivity index (χ3v) is 8.59. The van der Waals surface area contributed by atoms with Gasteiger partial charge in [-0.15, -0.1) is 11.3 Å².